The quantitative estimate of drug-likeness (QED) is 0.843. The van der Waals surface area contributed by atoms with Crippen molar-refractivity contribution in [2.45, 2.75) is 26.7 Å². The van der Waals surface area contributed by atoms with Crippen LogP contribution in [0.15, 0.2) is 23.8 Å². The molecule has 0 spiro atoms. The topological polar surface area (TPSA) is 47.0 Å². The number of nitrogens with one attached hydrogen (secondary N) is 1. The van der Waals surface area contributed by atoms with Crippen LogP contribution in [-0.4, -0.2) is 23.1 Å². The second kappa shape index (κ2) is 7.09. The van der Waals surface area contributed by atoms with Gasteiger partial charge in [-0.15, -0.1) is 11.3 Å². The highest BCUT2D eigenvalue weighted by Gasteiger charge is 2.07. The van der Waals surface area contributed by atoms with Crippen LogP contribution in [0.3, 0.4) is 0 Å². The molecule has 2 heterocycles. The van der Waals surface area contributed by atoms with E-state index in [0.29, 0.717) is 12.5 Å². The SMILES string of the molecule is CCCNc1ncnc(OCCc2cccs2)c1C. The van der Waals surface area contributed by atoms with E-state index in [0.717, 1.165) is 30.8 Å². The number of anilines is 1. The van der Waals surface area contributed by atoms with Crippen molar-refractivity contribution in [2.75, 3.05) is 18.5 Å². The summed E-state index contributed by atoms with van der Waals surface area (Å²) in [6.45, 7) is 5.67. The molecular formula is C14H19N3OS. The summed E-state index contributed by atoms with van der Waals surface area (Å²) in [7, 11) is 0. The molecule has 0 saturated carbocycles. The summed E-state index contributed by atoms with van der Waals surface area (Å²) in [4.78, 5) is 9.76. The molecule has 4 nitrogen and oxygen atoms in total. The Kier molecular flexibility index (Phi) is 5.15. The molecule has 0 aromatic carbocycles. The maximum atomic E-state index is 5.75. The Balaban J connectivity index is 1.92. The Morgan fingerprint density at radius 1 is 1.37 bits per heavy atom. The summed E-state index contributed by atoms with van der Waals surface area (Å²) in [5, 5.41) is 5.36. The largest absolute Gasteiger partial charge is 0.477 e. The van der Waals surface area contributed by atoms with Gasteiger partial charge in [0, 0.05) is 17.8 Å². The van der Waals surface area contributed by atoms with Crippen molar-refractivity contribution in [3.63, 3.8) is 0 Å². The van der Waals surface area contributed by atoms with E-state index in [-0.39, 0.29) is 0 Å². The molecule has 19 heavy (non-hydrogen) atoms. The van der Waals surface area contributed by atoms with Crippen LogP contribution in [0.5, 0.6) is 5.88 Å². The third-order valence-electron chi connectivity index (χ3n) is 2.75. The van der Waals surface area contributed by atoms with Gasteiger partial charge in [0.25, 0.3) is 0 Å². The number of rotatable bonds is 7. The monoisotopic (exact) mass is 277 g/mol. The third kappa shape index (κ3) is 3.92. The van der Waals surface area contributed by atoms with Crippen LogP contribution >= 0.6 is 11.3 Å². The third-order valence-corrected chi connectivity index (χ3v) is 3.68. The van der Waals surface area contributed by atoms with E-state index in [1.165, 1.54) is 4.88 Å². The van der Waals surface area contributed by atoms with Crippen LogP contribution in [0.2, 0.25) is 0 Å². The molecule has 0 aliphatic carbocycles. The van der Waals surface area contributed by atoms with Gasteiger partial charge in [-0.3, -0.25) is 0 Å². The molecule has 1 N–H and O–H groups in total. The minimum Gasteiger partial charge on any atom is -0.477 e. The van der Waals surface area contributed by atoms with Crippen molar-refractivity contribution in [1.29, 1.82) is 0 Å². The van der Waals surface area contributed by atoms with Gasteiger partial charge in [-0.1, -0.05) is 13.0 Å². The van der Waals surface area contributed by atoms with Gasteiger partial charge in [-0.25, -0.2) is 9.97 Å². The highest BCUT2D eigenvalue weighted by atomic mass is 32.1. The maximum absolute atomic E-state index is 5.75. The molecule has 0 saturated heterocycles. The minimum absolute atomic E-state index is 0.644. The lowest BCUT2D eigenvalue weighted by atomic mass is 10.3. The standard InChI is InChI=1S/C14H19N3OS/c1-3-7-15-13-11(2)14(17-10-16-13)18-8-6-12-5-4-9-19-12/h4-5,9-10H,3,6-8H2,1-2H3,(H,15,16,17). The molecule has 2 aromatic heterocycles. The van der Waals surface area contributed by atoms with E-state index in [1.54, 1.807) is 17.7 Å². The lowest BCUT2D eigenvalue weighted by Gasteiger charge is -2.11. The van der Waals surface area contributed by atoms with Crippen molar-refractivity contribution in [1.82, 2.24) is 9.97 Å². The molecule has 0 aliphatic rings. The highest BCUT2D eigenvalue weighted by molar-refractivity contribution is 7.09. The molecule has 0 fully saturated rings. The number of aromatic nitrogens is 2. The van der Waals surface area contributed by atoms with Gasteiger partial charge in [0.05, 0.1) is 12.2 Å². The Hall–Kier alpha value is -1.62. The Labute approximate surface area is 117 Å². The first kappa shape index (κ1) is 13.8. The van der Waals surface area contributed by atoms with Crippen LogP contribution in [0.25, 0.3) is 0 Å². The number of ether oxygens (including phenoxy) is 1. The zero-order valence-corrected chi connectivity index (χ0v) is 12.2. The van der Waals surface area contributed by atoms with E-state index in [1.807, 2.05) is 6.92 Å². The molecule has 0 atom stereocenters. The summed E-state index contributed by atoms with van der Waals surface area (Å²) in [5.74, 6) is 1.54. The fraction of sp³-hybridized carbons (Fsp3) is 0.429. The predicted octanol–water partition coefficient (Wildman–Crippen LogP) is 3.29. The van der Waals surface area contributed by atoms with Crippen molar-refractivity contribution in [3.05, 3.63) is 34.3 Å². The first-order chi connectivity index (χ1) is 9.31. The molecule has 2 aromatic rings. The average molecular weight is 277 g/mol. The maximum Gasteiger partial charge on any atom is 0.221 e. The molecule has 2 rings (SSSR count). The Morgan fingerprint density at radius 3 is 3.00 bits per heavy atom. The summed E-state index contributed by atoms with van der Waals surface area (Å²) in [6, 6.07) is 4.18. The molecule has 0 amide bonds. The van der Waals surface area contributed by atoms with E-state index < -0.39 is 0 Å². The molecular weight excluding hydrogens is 258 g/mol. The summed E-state index contributed by atoms with van der Waals surface area (Å²) < 4.78 is 5.75. The first-order valence-electron chi connectivity index (χ1n) is 6.52. The Morgan fingerprint density at radius 2 is 2.26 bits per heavy atom. The van der Waals surface area contributed by atoms with Gasteiger partial charge in [0.1, 0.15) is 12.1 Å². The summed E-state index contributed by atoms with van der Waals surface area (Å²) >= 11 is 1.75. The van der Waals surface area contributed by atoms with Crippen molar-refractivity contribution in [2.24, 2.45) is 0 Å². The minimum atomic E-state index is 0.644. The number of hydrogen-bond acceptors (Lipinski definition) is 5. The second-order valence-electron chi connectivity index (χ2n) is 4.26. The Bertz CT molecular complexity index is 499. The zero-order valence-electron chi connectivity index (χ0n) is 11.3. The van der Waals surface area contributed by atoms with Gasteiger partial charge in [-0.05, 0) is 24.8 Å². The second-order valence-corrected chi connectivity index (χ2v) is 5.29. The fourth-order valence-corrected chi connectivity index (χ4v) is 2.39. The van der Waals surface area contributed by atoms with Crippen molar-refractivity contribution < 1.29 is 4.74 Å². The van der Waals surface area contributed by atoms with Crippen molar-refractivity contribution in [3.8, 4) is 5.88 Å². The van der Waals surface area contributed by atoms with Crippen LogP contribution in [0.4, 0.5) is 5.82 Å². The summed E-state index contributed by atoms with van der Waals surface area (Å²) in [6.07, 6.45) is 3.53. The number of thiophene rings is 1. The van der Waals surface area contributed by atoms with Crippen LogP contribution in [-0.2, 0) is 6.42 Å². The molecule has 0 aliphatic heterocycles. The molecule has 0 bridgehead atoms. The van der Waals surface area contributed by atoms with Gasteiger partial charge in [0.2, 0.25) is 5.88 Å². The zero-order chi connectivity index (χ0) is 13.5. The first-order valence-corrected chi connectivity index (χ1v) is 7.40. The smallest absolute Gasteiger partial charge is 0.221 e. The summed E-state index contributed by atoms with van der Waals surface area (Å²) in [5.41, 5.74) is 0.974. The van der Waals surface area contributed by atoms with Crippen molar-refractivity contribution >= 4 is 17.2 Å². The average Bonchev–Trinajstić information content (AvgIpc) is 2.92. The van der Waals surface area contributed by atoms with Gasteiger partial charge >= 0.3 is 0 Å². The molecule has 5 heteroatoms. The molecule has 0 radical (unpaired) electrons. The lowest BCUT2D eigenvalue weighted by molar-refractivity contribution is 0.307. The number of nitrogens with zero attached hydrogens (tertiary/aromatic N) is 2. The van der Waals surface area contributed by atoms with Gasteiger partial charge in [-0.2, -0.15) is 0 Å². The van der Waals surface area contributed by atoms with Gasteiger partial charge in [0.15, 0.2) is 0 Å². The predicted molar refractivity (Wildman–Crippen MR) is 79.1 cm³/mol. The van der Waals surface area contributed by atoms with E-state index in [2.05, 4.69) is 39.7 Å². The van der Waals surface area contributed by atoms with Crippen LogP contribution in [0, 0.1) is 6.92 Å². The van der Waals surface area contributed by atoms with E-state index in [4.69, 9.17) is 4.74 Å². The van der Waals surface area contributed by atoms with E-state index >= 15 is 0 Å². The number of hydrogen-bond donors (Lipinski definition) is 1. The van der Waals surface area contributed by atoms with Crippen LogP contribution in [0.1, 0.15) is 23.8 Å². The molecule has 0 unspecified atom stereocenters. The highest BCUT2D eigenvalue weighted by Crippen LogP contribution is 2.20. The lowest BCUT2D eigenvalue weighted by Crippen LogP contribution is -2.08. The normalized spacial score (nSPS) is 10.4. The fourth-order valence-electron chi connectivity index (χ4n) is 1.70. The van der Waals surface area contributed by atoms with Crippen LogP contribution < -0.4 is 10.1 Å². The van der Waals surface area contributed by atoms with E-state index in [9.17, 15) is 0 Å². The van der Waals surface area contributed by atoms with Gasteiger partial charge < -0.3 is 10.1 Å². The molecule has 102 valence electrons.